The van der Waals surface area contributed by atoms with Crippen LogP contribution in [0.4, 0.5) is 7.77 Å². The minimum absolute atomic E-state index is 0.198. The second kappa shape index (κ2) is 8.59. The van der Waals surface area contributed by atoms with Crippen LogP contribution in [0.25, 0.3) is 0 Å². The number of hydrogen-bond acceptors (Lipinski definition) is 9. The summed E-state index contributed by atoms with van der Waals surface area (Å²) >= 11 is 0. The number of hydrogen-bond donors (Lipinski definition) is 0. The van der Waals surface area contributed by atoms with Gasteiger partial charge in [0.25, 0.3) is 6.29 Å². The number of halogens is 2. The van der Waals surface area contributed by atoms with E-state index in [0.29, 0.717) is 0 Å². The van der Waals surface area contributed by atoms with Crippen molar-refractivity contribution >= 4 is 21.0 Å². The van der Waals surface area contributed by atoms with E-state index in [2.05, 4.69) is 8.37 Å². The van der Waals surface area contributed by atoms with Crippen LogP contribution < -0.4 is 17.8 Å². The topological polar surface area (TPSA) is 118 Å². The van der Waals surface area contributed by atoms with Crippen molar-refractivity contribution in [3.8, 4) is 23.0 Å². The zero-order chi connectivity index (χ0) is 21.8. The molecular formula is C17H12F2O9S2. The Hall–Kier alpha value is -3.32. The maximum absolute atomic E-state index is 12.6. The molecule has 1 aromatic heterocycles. The zero-order valence-electron chi connectivity index (χ0n) is 14.7. The highest BCUT2D eigenvalue weighted by molar-refractivity contribution is 7.82. The summed E-state index contributed by atoms with van der Waals surface area (Å²) in [6.07, 6.45) is 0.259. The molecule has 0 atom stereocenters. The maximum Gasteiger partial charge on any atom is 0.488 e. The number of furan rings is 1. The SMILES string of the molecule is O=S(=O)(F)Oc1ccc(OC(Oc2ccc(OS(=O)(=O)F)cc2)c2ccco2)cc1. The van der Waals surface area contributed by atoms with Gasteiger partial charge in [0.2, 0.25) is 0 Å². The molecule has 2 aromatic carbocycles. The van der Waals surface area contributed by atoms with Gasteiger partial charge in [-0.3, -0.25) is 0 Å². The Morgan fingerprint density at radius 3 is 1.40 bits per heavy atom. The molecule has 0 unspecified atom stereocenters. The first-order valence-electron chi connectivity index (χ1n) is 7.92. The molecular weight excluding hydrogens is 450 g/mol. The van der Waals surface area contributed by atoms with E-state index in [1.54, 1.807) is 12.1 Å². The van der Waals surface area contributed by atoms with E-state index in [0.717, 1.165) is 24.3 Å². The molecule has 0 saturated heterocycles. The van der Waals surface area contributed by atoms with Gasteiger partial charge in [-0.25, -0.2) is 0 Å². The first kappa shape index (κ1) is 21.4. The average molecular weight is 462 g/mol. The van der Waals surface area contributed by atoms with E-state index in [-0.39, 0.29) is 28.8 Å². The van der Waals surface area contributed by atoms with Gasteiger partial charge < -0.3 is 22.3 Å². The van der Waals surface area contributed by atoms with Crippen molar-refractivity contribution in [3.05, 3.63) is 72.7 Å². The van der Waals surface area contributed by atoms with E-state index < -0.39 is 27.3 Å². The first-order chi connectivity index (χ1) is 14.1. The largest absolute Gasteiger partial charge is 0.488 e. The van der Waals surface area contributed by atoms with Gasteiger partial charge in [0, 0.05) is 0 Å². The van der Waals surface area contributed by atoms with E-state index in [1.807, 2.05) is 0 Å². The average Bonchev–Trinajstić information content (AvgIpc) is 3.16. The standard InChI is InChI=1S/C17H12F2O9S2/c18-29(20,21)27-14-7-3-12(4-8-14)25-17(16-2-1-11-24-16)26-13-5-9-15(10-6-13)28-30(19,22)23/h1-11,17H. The fourth-order valence-electron chi connectivity index (χ4n) is 2.19. The Bertz CT molecular complexity index is 1100. The summed E-state index contributed by atoms with van der Waals surface area (Å²) in [7, 11) is -10.3. The normalized spacial score (nSPS) is 11.8. The lowest BCUT2D eigenvalue weighted by Crippen LogP contribution is -2.14. The second-order valence-corrected chi connectivity index (χ2v) is 7.38. The molecule has 0 radical (unpaired) electrons. The van der Waals surface area contributed by atoms with Gasteiger partial charge in [0.1, 0.15) is 23.0 Å². The summed E-state index contributed by atoms with van der Waals surface area (Å²) in [6, 6.07) is 13.0. The molecule has 1 heterocycles. The lowest BCUT2D eigenvalue weighted by Gasteiger charge is -2.19. The van der Waals surface area contributed by atoms with Crippen molar-refractivity contribution in [3.63, 3.8) is 0 Å². The van der Waals surface area contributed by atoms with Crippen LogP contribution in [0.5, 0.6) is 23.0 Å². The molecule has 0 saturated carbocycles. The van der Waals surface area contributed by atoms with Gasteiger partial charge in [-0.05, 0) is 60.7 Å². The van der Waals surface area contributed by atoms with Crippen molar-refractivity contribution in [2.45, 2.75) is 6.29 Å². The minimum Gasteiger partial charge on any atom is -0.461 e. The zero-order valence-corrected chi connectivity index (χ0v) is 16.3. The smallest absolute Gasteiger partial charge is 0.461 e. The molecule has 0 fully saturated rings. The van der Waals surface area contributed by atoms with Crippen molar-refractivity contribution in [1.82, 2.24) is 0 Å². The summed E-state index contributed by atoms with van der Waals surface area (Å²) in [4.78, 5) is 0. The van der Waals surface area contributed by atoms with E-state index >= 15 is 0 Å². The molecule has 0 bridgehead atoms. The molecule has 3 rings (SSSR count). The van der Waals surface area contributed by atoms with Gasteiger partial charge in [0.05, 0.1) is 6.26 Å². The molecule has 0 aliphatic rings. The Morgan fingerprint density at radius 1 is 0.667 bits per heavy atom. The predicted molar refractivity (Wildman–Crippen MR) is 96.9 cm³/mol. The summed E-state index contributed by atoms with van der Waals surface area (Å²) in [5, 5.41) is 0. The third-order valence-electron chi connectivity index (χ3n) is 3.30. The maximum atomic E-state index is 12.6. The van der Waals surface area contributed by atoms with Crippen molar-refractivity contribution < 1.29 is 46.9 Å². The van der Waals surface area contributed by atoms with Gasteiger partial charge in [0.15, 0.2) is 5.76 Å². The molecule has 0 N–H and O–H groups in total. The van der Waals surface area contributed by atoms with Crippen molar-refractivity contribution in [2.75, 3.05) is 0 Å². The van der Waals surface area contributed by atoms with Crippen LogP contribution in [0, 0.1) is 0 Å². The van der Waals surface area contributed by atoms with Crippen molar-refractivity contribution in [2.24, 2.45) is 0 Å². The minimum atomic E-state index is -5.16. The number of ether oxygens (including phenoxy) is 2. The highest BCUT2D eigenvalue weighted by atomic mass is 32.3. The Labute approximate surface area is 170 Å². The van der Waals surface area contributed by atoms with Crippen LogP contribution >= 0.6 is 0 Å². The molecule has 3 aromatic rings. The second-order valence-electron chi connectivity index (χ2n) is 5.48. The van der Waals surface area contributed by atoms with E-state index in [4.69, 9.17) is 13.9 Å². The number of benzene rings is 2. The third-order valence-corrected chi connectivity index (χ3v) is 4.08. The van der Waals surface area contributed by atoms with Crippen LogP contribution in [0.3, 0.4) is 0 Å². The highest BCUT2D eigenvalue weighted by Crippen LogP contribution is 2.29. The molecule has 13 heteroatoms. The molecule has 0 aliphatic carbocycles. The van der Waals surface area contributed by atoms with Gasteiger partial charge in [-0.15, -0.1) is 0 Å². The Morgan fingerprint density at radius 2 is 1.07 bits per heavy atom. The monoisotopic (exact) mass is 462 g/mol. The van der Waals surface area contributed by atoms with Crippen LogP contribution in [0.15, 0.2) is 71.3 Å². The summed E-state index contributed by atoms with van der Waals surface area (Å²) in [5.74, 6) is 0.123. The van der Waals surface area contributed by atoms with Crippen LogP contribution in [-0.2, 0) is 21.0 Å². The van der Waals surface area contributed by atoms with E-state index in [9.17, 15) is 24.6 Å². The van der Waals surface area contributed by atoms with Gasteiger partial charge in [-0.2, -0.15) is 16.8 Å². The lowest BCUT2D eigenvalue weighted by atomic mass is 10.3. The van der Waals surface area contributed by atoms with Gasteiger partial charge in [-0.1, -0.05) is 7.77 Å². The fourth-order valence-corrected chi connectivity index (χ4v) is 2.87. The molecule has 0 spiro atoms. The fraction of sp³-hybridized carbons (Fsp3) is 0.0588. The molecule has 0 aliphatic heterocycles. The lowest BCUT2D eigenvalue weighted by molar-refractivity contribution is -0.0131. The first-order valence-corrected chi connectivity index (χ1v) is 10.5. The third kappa shape index (κ3) is 6.63. The summed E-state index contributed by atoms with van der Waals surface area (Å²) < 4.78 is 91.9. The Balaban J connectivity index is 1.74. The quantitative estimate of drug-likeness (QED) is 0.347. The Kier molecular flexibility index (Phi) is 6.12. The van der Waals surface area contributed by atoms with Crippen LogP contribution in [0.1, 0.15) is 12.1 Å². The van der Waals surface area contributed by atoms with Crippen molar-refractivity contribution in [1.29, 1.82) is 0 Å². The van der Waals surface area contributed by atoms with E-state index in [1.165, 1.54) is 30.5 Å². The number of rotatable bonds is 9. The summed E-state index contributed by atoms with van der Waals surface area (Å²) in [6.45, 7) is 0. The van der Waals surface area contributed by atoms with Crippen LogP contribution in [-0.4, -0.2) is 16.8 Å². The highest BCUT2D eigenvalue weighted by Gasteiger charge is 2.19. The predicted octanol–water partition coefficient (Wildman–Crippen LogP) is 3.62. The molecule has 9 nitrogen and oxygen atoms in total. The molecule has 0 amide bonds. The summed E-state index contributed by atoms with van der Waals surface area (Å²) in [5.41, 5.74) is 0. The van der Waals surface area contributed by atoms with Crippen LogP contribution in [0.2, 0.25) is 0 Å². The van der Waals surface area contributed by atoms with Gasteiger partial charge >= 0.3 is 21.0 Å². The molecule has 160 valence electrons. The molecule has 30 heavy (non-hydrogen) atoms.